The number of carbonyl (C=O) groups is 1. The van der Waals surface area contributed by atoms with Crippen molar-refractivity contribution in [1.29, 1.82) is 0 Å². The van der Waals surface area contributed by atoms with E-state index >= 15 is 0 Å². The van der Waals surface area contributed by atoms with Crippen LogP contribution in [-0.4, -0.2) is 12.0 Å². The van der Waals surface area contributed by atoms with Crippen LogP contribution in [0.15, 0.2) is 17.0 Å². The topological polar surface area (TPSA) is 17.1 Å². The smallest absolute Gasteiger partial charge is 0.167 e. The molecule has 0 spiro atoms. The fourth-order valence-electron chi connectivity index (χ4n) is 1.12. The number of hydrogen-bond donors (Lipinski definition) is 0. The molecule has 0 atom stereocenters. The van der Waals surface area contributed by atoms with Gasteiger partial charge in [0.05, 0.1) is 10.6 Å². The standard InChI is InChI=1S/C10H10ClFOS/c1-3-7(13)9-6(11)4-5-8(14-2)10(9)12/h4-5H,3H2,1-2H3. The van der Waals surface area contributed by atoms with Crippen LogP contribution in [0.2, 0.25) is 5.02 Å². The van der Waals surface area contributed by atoms with Crippen LogP contribution in [0.1, 0.15) is 23.7 Å². The molecule has 0 bridgehead atoms. The zero-order valence-corrected chi connectivity index (χ0v) is 9.51. The molecule has 0 aliphatic carbocycles. The molecular weight excluding hydrogens is 223 g/mol. The fraction of sp³-hybridized carbons (Fsp3) is 0.300. The molecular formula is C10H10ClFOS. The molecule has 4 heteroatoms. The highest BCUT2D eigenvalue weighted by Gasteiger charge is 2.17. The monoisotopic (exact) mass is 232 g/mol. The Morgan fingerprint density at radius 3 is 2.71 bits per heavy atom. The maximum Gasteiger partial charge on any atom is 0.167 e. The largest absolute Gasteiger partial charge is 0.294 e. The lowest BCUT2D eigenvalue weighted by Crippen LogP contribution is -2.02. The molecule has 0 aromatic heterocycles. The van der Waals surface area contributed by atoms with Crippen molar-refractivity contribution in [3.05, 3.63) is 28.5 Å². The lowest BCUT2D eigenvalue weighted by molar-refractivity contribution is 0.0984. The molecule has 0 aliphatic rings. The average molecular weight is 233 g/mol. The van der Waals surface area contributed by atoms with Crippen LogP contribution >= 0.6 is 23.4 Å². The highest BCUT2D eigenvalue weighted by molar-refractivity contribution is 7.98. The van der Waals surface area contributed by atoms with Crippen LogP contribution in [0.4, 0.5) is 4.39 Å². The minimum absolute atomic E-state index is 0.0148. The summed E-state index contributed by atoms with van der Waals surface area (Å²) in [4.78, 5) is 11.8. The summed E-state index contributed by atoms with van der Waals surface area (Å²) >= 11 is 7.02. The lowest BCUT2D eigenvalue weighted by Gasteiger charge is -2.06. The van der Waals surface area contributed by atoms with Gasteiger partial charge in [-0.2, -0.15) is 0 Å². The molecule has 0 heterocycles. The van der Waals surface area contributed by atoms with Crippen molar-refractivity contribution in [3.63, 3.8) is 0 Å². The zero-order valence-electron chi connectivity index (χ0n) is 7.93. The zero-order chi connectivity index (χ0) is 10.7. The molecule has 0 unspecified atom stereocenters. The van der Waals surface area contributed by atoms with Gasteiger partial charge in [-0.3, -0.25) is 4.79 Å². The van der Waals surface area contributed by atoms with Crippen molar-refractivity contribution >= 4 is 29.1 Å². The van der Waals surface area contributed by atoms with E-state index in [1.54, 1.807) is 25.3 Å². The normalized spacial score (nSPS) is 10.3. The summed E-state index contributed by atoms with van der Waals surface area (Å²) < 4.78 is 13.6. The molecule has 0 saturated carbocycles. The molecule has 1 aromatic rings. The first-order valence-electron chi connectivity index (χ1n) is 4.17. The molecule has 1 aromatic carbocycles. The molecule has 76 valence electrons. The van der Waals surface area contributed by atoms with Gasteiger partial charge in [-0.05, 0) is 18.4 Å². The van der Waals surface area contributed by atoms with Crippen molar-refractivity contribution in [2.24, 2.45) is 0 Å². The number of Topliss-reactive ketones (excluding diaryl/α,β-unsaturated/α-hetero) is 1. The predicted molar refractivity (Wildman–Crippen MR) is 57.8 cm³/mol. The number of hydrogen-bond acceptors (Lipinski definition) is 2. The number of ketones is 1. The van der Waals surface area contributed by atoms with Crippen LogP contribution in [-0.2, 0) is 0 Å². The summed E-state index contributed by atoms with van der Waals surface area (Å²) in [7, 11) is 0. The van der Waals surface area contributed by atoms with Crippen molar-refractivity contribution in [1.82, 2.24) is 0 Å². The average Bonchev–Trinajstić information content (AvgIpc) is 2.18. The molecule has 0 aliphatic heterocycles. The first-order valence-corrected chi connectivity index (χ1v) is 5.77. The van der Waals surface area contributed by atoms with E-state index in [0.29, 0.717) is 4.90 Å². The highest BCUT2D eigenvalue weighted by atomic mass is 35.5. The van der Waals surface area contributed by atoms with E-state index in [2.05, 4.69) is 0 Å². The molecule has 0 saturated heterocycles. The maximum atomic E-state index is 13.6. The minimum Gasteiger partial charge on any atom is -0.294 e. The van der Waals surface area contributed by atoms with Gasteiger partial charge in [0.25, 0.3) is 0 Å². The van der Waals surface area contributed by atoms with Gasteiger partial charge < -0.3 is 0 Å². The Labute approximate surface area is 91.6 Å². The second-order valence-corrected chi connectivity index (χ2v) is 3.97. The molecule has 14 heavy (non-hydrogen) atoms. The van der Waals surface area contributed by atoms with Crippen molar-refractivity contribution in [2.75, 3.05) is 6.26 Å². The van der Waals surface area contributed by atoms with Crippen molar-refractivity contribution in [3.8, 4) is 0 Å². The van der Waals surface area contributed by atoms with Crippen molar-refractivity contribution in [2.45, 2.75) is 18.2 Å². The van der Waals surface area contributed by atoms with E-state index < -0.39 is 5.82 Å². The summed E-state index contributed by atoms with van der Waals surface area (Å²) in [6.07, 6.45) is 2.01. The quantitative estimate of drug-likeness (QED) is 0.583. The third kappa shape index (κ3) is 2.10. The van der Waals surface area contributed by atoms with Gasteiger partial charge in [0.15, 0.2) is 5.78 Å². The van der Waals surface area contributed by atoms with Gasteiger partial charge in [0.2, 0.25) is 0 Å². The van der Waals surface area contributed by atoms with Crippen LogP contribution in [0.5, 0.6) is 0 Å². The second-order valence-electron chi connectivity index (χ2n) is 2.72. The Morgan fingerprint density at radius 1 is 1.57 bits per heavy atom. The van der Waals surface area contributed by atoms with E-state index in [0.717, 1.165) is 0 Å². The molecule has 0 amide bonds. The van der Waals surface area contributed by atoms with E-state index in [1.165, 1.54) is 11.8 Å². The molecule has 1 rings (SSSR count). The number of rotatable bonds is 3. The van der Waals surface area contributed by atoms with E-state index in [1.807, 2.05) is 0 Å². The number of benzene rings is 1. The second kappa shape index (κ2) is 4.80. The van der Waals surface area contributed by atoms with Gasteiger partial charge in [0, 0.05) is 11.3 Å². The Bertz CT molecular complexity index is 365. The van der Waals surface area contributed by atoms with E-state index in [9.17, 15) is 9.18 Å². The third-order valence-corrected chi connectivity index (χ3v) is 2.95. The van der Waals surface area contributed by atoms with Gasteiger partial charge in [-0.25, -0.2) is 4.39 Å². The maximum absolute atomic E-state index is 13.6. The first kappa shape index (κ1) is 11.5. The Balaban J connectivity index is 3.32. The number of carbonyl (C=O) groups excluding carboxylic acids is 1. The van der Waals surface area contributed by atoms with Crippen molar-refractivity contribution < 1.29 is 9.18 Å². The molecule has 0 fully saturated rings. The first-order chi connectivity index (χ1) is 6.61. The SMILES string of the molecule is CCC(=O)c1c(Cl)ccc(SC)c1F. The third-order valence-electron chi connectivity index (χ3n) is 1.88. The summed E-state index contributed by atoms with van der Waals surface area (Å²) in [5.74, 6) is -0.764. The van der Waals surface area contributed by atoms with E-state index in [4.69, 9.17) is 11.6 Å². The van der Waals surface area contributed by atoms with Crippen LogP contribution in [0.25, 0.3) is 0 Å². The highest BCUT2D eigenvalue weighted by Crippen LogP contribution is 2.28. The summed E-state index contributed by atoms with van der Waals surface area (Å²) in [6, 6.07) is 3.13. The van der Waals surface area contributed by atoms with Crippen LogP contribution in [0, 0.1) is 5.82 Å². The molecule has 1 nitrogen and oxygen atoms in total. The Morgan fingerprint density at radius 2 is 2.21 bits per heavy atom. The summed E-state index contributed by atoms with van der Waals surface area (Å²) in [5, 5.41) is 0.187. The molecule has 0 N–H and O–H groups in total. The number of thioether (sulfide) groups is 1. The van der Waals surface area contributed by atoms with Crippen LogP contribution in [0.3, 0.4) is 0 Å². The van der Waals surface area contributed by atoms with Gasteiger partial charge in [-0.1, -0.05) is 18.5 Å². The molecule has 0 radical (unpaired) electrons. The van der Waals surface area contributed by atoms with Gasteiger partial charge in [0.1, 0.15) is 5.82 Å². The Hall–Kier alpha value is -0.540. The predicted octanol–water partition coefficient (Wildman–Crippen LogP) is 3.79. The van der Waals surface area contributed by atoms with E-state index in [-0.39, 0.29) is 22.8 Å². The summed E-state index contributed by atoms with van der Waals surface area (Å²) in [5.41, 5.74) is 0.0148. The van der Waals surface area contributed by atoms with Crippen LogP contribution < -0.4 is 0 Å². The minimum atomic E-state index is -0.503. The fourth-order valence-corrected chi connectivity index (χ4v) is 1.86. The summed E-state index contributed by atoms with van der Waals surface area (Å²) in [6.45, 7) is 1.68. The Kier molecular flexibility index (Phi) is 3.96. The van der Waals surface area contributed by atoms with Gasteiger partial charge in [-0.15, -0.1) is 11.8 Å². The number of halogens is 2. The van der Waals surface area contributed by atoms with Gasteiger partial charge >= 0.3 is 0 Å². The lowest BCUT2D eigenvalue weighted by atomic mass is 10.1.